The van der Waals surface area contributed by atoms with E-state index in [0.29, 0.717) is 0 Å². The van der Waals surface area contributed by atoms with Crippen molar-refractivity contribution in [3.05, 3.63) is 131 Å². The molecule has 3 heteroatoms. The summed E-state index contributed by atoms with van der Waals surface area (Å²) in [6.45, 7) is 0.261. The number of benzene rings is 4. The Labute approximate surface area is 176 Å². The zero-order valence-corrected chi connectivity index (χ0v) is 16.4. The predicted molar refractivity (Wildman–Crippen MR) is 119 cm³/mol. The summed E-state index contributed by atoms with van der Waals surface area (Å²) in [5.74, 6) is 1.55. The summed E-state index contributed by atoms with van der Waals surface area (Å²) in [6.07, 6.45) is 0. The lowest BCUT2D eigenvalue weighted by molar-refractivity contribution is 0.174. The maximum absolute atomic E-state index is 5.63. The fraction of sp³-hybridized carbons (Fsp3) is 0.0741. The average molecular weight is 391 g/mol. The van der Waals surface area contributed by atoms with Crippen LogP contribution in [0.15, 0.2) is 114 Å². The molecule has 1 unspecified atom stereocenters. The molecule has 5 rings (SSSR count). The lowest BCUT2D eigenvalue weighted by Gasteiger charge is -2.17. The Kier molecular flexibility index (Phi) is 5.01. The Balaban J connectivity index is 1.68. The smallest absolute Gasteiger partial charge is 0.231 e. The Morgan fingerprint density at radius 2 is 1.17 bits per heavy atom. The van der Waals surface area contributed by atoms with Gasteiger partial charge in [-0.1, -0.05) is 97.1 Å². The second kappa shape index (κ2) is 8.26. The van der Waals surface area contributed by atoms with E-state index < -0.39 is 0 Å². The van der Waals surface area contributed by atoms with Gasteiger partial charge >= 0.3 is 0 Å². The number of aliphatic imine (C=N–C) groups is 1. The van der Waals surface area contributed by atoms with E-state index in [0.717, 1.165) is 39.5 Å². The van der Waals surface area contributed by atoms with E-state index in [1.54, 1.807) is 0 Å². The molecule has 1 aliphatic rings. The molecule has 30 heavy (non-hydrogen) atoms. The van der Waals surface area contributed by atoms with E-state index in [-0.39, 0.29) is 12.8 Å². The maximum Gasteiger partial charge on any atom is 0.231 e. The third-order valence-corrected chi connectivity index (χ3v) is 5.18. The van der Waals surface area contributed by atoms with E-state index in [2.05, 4.69) is 54.6 Å². The van der Waals surface area contributed by atoms with E-state index in [1.807, 2.05) is 54.6 Å². The molecule has 0 spiro atoms. The van der Waals surface area contributed by atoms with Gasteiger partial charge in [-0.15, -0.1) is 0 Å². The van der Waals surface area contributed by atoms with Crippen LogP contribution in [0.4, 0.5) is 0 Å². The van der Waals surface area contributed by atoms with Gasteiger partial charge in [-0.3, -0.25) is 4.99 Å². The zero-order valence-electron chi connectivity index (χ0n) is 16.4. The van der Waals surface area contributed by atoms with Crippen molar-refractivity contribution in [2.45, 2.75) is 6.04 Å². The SMILES string of the molecule is c1ccc(C(=NC(c2ccccc2)c2ccc3c(c2)OCO3)c2ccccc2)cc1. The van der Waals surface area contributed by atoms with Gasteiger partial charge in [0.1, 0.15) is 6.04 Å². The summed E-state index contributed by atoms with van der Waals surface area (Å²) in [6, 6.07) is 36.9. The number of nitrogens with zero attached hydrogens (tertiary/aromatic N) is 1. The standard InChI is InChI=1S/C27H21NO2/c1-4-10-20(11-5-1)26(21-12-6-2-7-13-21)28-27(22-14-8-3-9-15-22)23-16-17-24-25(18-23)30-19-29-24/h1-18,27H,19H2. The summed E-state index contributed by atoms with van der Waals surface area (Å²) in [5, 5.41) is 0. The zero-order chi connectivity index (χ0) is 20.2. The number of ether oxygens (including phenoxy) is 2. The number of fused-ring (bicyclic) bond motifs is 1. The van der Waals surface area contributed by atoms with Crippen molar-refractivity contribution in [1.29, 1.82) is 0 Å². The highest BCUT2D eigenvalue weighted by molar-refractivity contribution is 6.13. The minimum atomic E-state index is -0.170. The highest BCUT2D eigenvalue weighted by Gasteiger charge is 2.20. The van der Waals surface area contributed by atoms with Gasteiger partial charge in [-0.25, -0.2) is 0 Å². The normalized spacial score (nSPS) is 12.9. The molecular formula is C27H21NO2. The van der Waals surface area contributed by atoms with E-state index in [9.17, 15) is 0 Å². The molecule has 0 bridgehead atoms. The van der Waals surface area contributed by atoms with Crippen LogP contribution >= 0.6 is 0 Å². The number of rotatable bonds is 5. The molecular weight excluding hydrogens is 370 g/mol. The highest BCUT2D eigenvalue weighted by Crippen LogP contribution is 2.37. The molecule has 0 N–H and O–H groups in total. The van der Waals surface area contributed by atoms with Crippen LogP contribution in [0.3, 0.4) is 0 Å². The van der Waals surface area contributed by atoms with E-state index in [1.165, 1.54) is 0 Å². The molecule has 0 radical (unpaired) electrons. The summed E-state index contributed by atoms with van der Waals surface area (Å²) in [4.78, 5) is 5.30. The molecule has 1 heterocycles. The van der Waals surface area contributed by atoms with Crippen LogP contribution in [0, 0.1) is 0 Å². The van der Waals surface area contributed by atoms with Crippen LogP contribution in [-0.4, -0.2) is 12.5 Å². The van der Waals surface area contributed by atoms with Crippen molar-refractivity contribution in [2.75, 3.05) is 6.79 Å². The van der Waals surface area contributed by atoms with Crippen molar-refractivity contribution in [3.8, 4) is 11.5 Å². The first-order valence-corrected chi connectivity index (χ1v) is 10.0. The highest BCUT2D eigenvalue weighted by atomic mass is 16.7. The van der Waals surface area contributed by atoms with Gasteiger partial charge < -0.3 is 9.47 Å². The van der Waals surface area contributed by atoms with Gasteiger partial charge in [0, 0.05) is 11.1 Å². The monoisotopic (exact) mass is 391 g/mol. The number of hydrogen-bond donors (Lipinski definition) is 0. The van der Waals surface area contributed by atoms with Crippen molar-refractivity contribution < 1.29 is 9.47 Å². The summed E-state index contributed by atoms with van der Waals surface area (Å²) < 4.78 is 11.1. The fourth-order valence-electron chi connectivity index (χ4n) is 3.70. The summed E-state index contributed by atoms with van der Waals surface area (Å²) in [5.41, 5.74) is 5.33. The Morgan fingerprint density at radius 1 is 0.600 bits per heavy atom. The van der Waals surface area contributed by atoms with Gasteiger partial charge in [0.25, 0.3) is 0 Å². The average Bonchev–Trinajstić information content (AvgIpc) is 3.29. The Morgan fingerprint density at radius 3 is 1.80 bits per heavy atom. The van der Waals surface area contributed by atoms with Crippen LogP contribution in [0.5, 0.6) is 11.5 Å². The Bertz CT molecular complexity index is 1110. The fourth-order valence-corrected chi connectivity index (χ4v) is 3.70. The molecule has 3 nitrogen and oxygen atoms in total. The summed E-state index contributed by atoms with van der Waals surface area (Å²) >= 11 is 0. The maximum atomic E-state index is 5.63. The largest absolute Gasteiger partial charge is 0.454 e. The minimum absolute atomic E-state index is 0.170. The van der Waals surface area contributed by atoms with Gasteiger partial charge in [0.15, 0.2) is 11.5 Å². The molecule has 0 amide bonds. The van der Waals surface area contributed by atoms with Crippen molar-refractivity contribution >= 4 is 5.71 Å². The van der Waals surface area contributed by atoms with Crippen LogP contribution in [0.25, 0.3) is 0 Å². The first-order chi connectivity index (χ1) is 14.9. The third kappa shape index (κ3) is 3.70. The molecule has 4 aromatic rings. The Hall–Kier alpha value is -3.85. The van der Waals surface area contributed by atoms with Gasteiger partial charge in [-0.05, 0) is 23.3 Å². The molecule has 0 fully saturated rings. The first kappa shape index (κ1) is 18.2. The molecule has 4 aromatic carbocycles. The van der Waals surface area contributed by atoms with Gasteiger partial charge in [0.05, 0.1) is 5.71 Å². The third-order valence-electron chi connectivity index (χ3n) is 5.18. The lowest BCUT2D eigenvalue weighted by Crippen LogP contribution is -2.08. The first-order valence-electron chi connectivity index (χ1n) is 10.0. The second-order valence-electron chi connectivity index (χ2n) is 7.14. The molecule has 0 aliphatic carbocycles. The molecule has 1 aliphatic heterocycles. The van der Waals surface area contributed by atoms with Crippen LogP contribution in [0.2, 0.25) is 0 Å². The lowest BCUT2D eigenvalue weighted by atomic mass is 9.96. The second-order valence-corrected chi connectivity index (χ2v) is 7.14. The van der Waals surface area contributed by atoms with E-state index in [4.69, 9.17) is 14.5 Å². The quantitative estimate of drug-likeness (QED) is 0.388. The molecule has 0 saturated heterocycles. The van der Waals surface area contributed by atoms with Crippen molar-refractivity contribution in [2.24, 2.45) is 4.99 Å². The summed E-state index contributed by atoms with van der Waals surface area (Å²) in [7, 11) is 0. The van der Waals surface area contributed by atoms with Crippen LogP contribution in [0.1, 0.15) is 28.3 Å². The van der Waals surface area contributed by atoms with Crippen LogP contribution < -0.4 is 9.47 Å². The van der Waals surface area contributed by atoms with Gasteiger partial charge in [0.2, 0.25) is 6.79 Å². The molecule has 0 saturated carbocycles. The van der Waals surface area contributed by atoms with Crippen molar-refractivity contribution in [1.82, 2.24) is 0 Å². The van der Waals surface area contributed by atoms with Crippen molar-refractivity contribution in [3.63, 3.8) is 0 Å². The predicted octanol–water partition coefficient (Wildman–Crippen LogP) is 6.04. The van der Waals surface area contributed by atoms with Crippen LogP contribution in [-0.2, 0) is 0 Å². The van der Waals surface area contributed by atoms with Gasteiger partial charge in [-0.2, -0.15) is 0 Å². The molecule has 146 valence electrons. The number of hydrogen-bond acceptors (Lipinski definition) is 3. The minimum Gasteiger partial charge on any atom is -0.454 e. The molecule has 1 atom stereocenters. The van der Waals surface area contributed by atoms with E-state index >= 15 is 0 Å². The molecule has 0 aromatic heterocycles. The topological polar surface area (TPSA) is 30.8 Å².